The zero-order valence-electron chi connectivity index (χ0n) is 17.5. The van der Waals surface area contributed by atoms with Crippen molar-refractivity contribution in [1.29, 1.82) is 0 Å². The van der Waals surface area contributed by atoms with Gasteiger partial charge in [0, 0.05) is 37.2 Å². The number of amides is 1. The van der Waals surface area contributed by atoms with Gasteiger partial charge in [0.2, 0.25) is 15.9 Å². The third-order valence-corrected chi connectivity index (χ3v) is 7.92. The summed E-state index contributed by atoms with van der Waals surface area (Å²) in [4.78, 5) is 21.1. The summed E-state index contributed by atoms with van der Waals surface area (Å²) < 4.78 is 27.0. The van der Waals surface area contributed by atoms with Crippen LogP contribution in [0, 0.1) is 5.92 Å². The minimum absolute atomic E-state index is 0.0735. The lowest BCUT2D eigenvalue weighted by Gasteiger charge is -2.31. The number of nitrogens with one attached hydrogen (secondary N) is 1. The number of piperidine rings is 1. The van der Waals surface area contributed by atoms with E-state index in [1.165, 1.54) is 0 Å². The van der Waals surface area contributed by atoms with Crippen molar-refractivity contribution in [2.24, 2.45) is 10.9 Å². The van der Waals surface area contributed by atoms with Crippen LogP contribution in [0.25, 0.3) is 6.08 Å². The highest BCUT2D eigenvalue weighted by atomic mass is 32.2. The van der Waals surface area contributed by atoms with E-state index in [1.54, 1.807) is 41.0 Å². The van der Waals surface area contributed by atoms with E-state index in [0.29, 0.717) is 30.4 Å². The second-order valence-electron chi connectivity index (χ2n) is 8.12. The Morgan fingerprint density at radius 2 is 1.87 bits per heavy atom. The van der Waals surface area contributed by atoms with Gasteiger partial charge in [-0.05, 0) is 49.5 Å². The number of carbonyl (C=O) groups excluding carboxylic acids is 1. The molecule has 2 aliphatic heterocycles. The van der Waals surface area contributed by atoms with Crippen LogP contribution in [0.15, 0.2) is 58.7 Å². The van der Waals surface area contributed by atoms with Crippen molar-refractivity contribution in [3.63, 3.8) is 0 Å². The Labute approximate surface area is 183 Å². The highest BCUT2D eigenvalue weighted by molar-refractivity contribution is 7.89. The molecule has 164 valence electrons. The number of hydrogen-bond acceptors (Lipinski definition) is 5. The summed E-state index contributed by atoms with van der Waals surface area (Å²) in [7, 11) is -3.38. The normalized spacial score (nSPS) is 19.3. The van der Waals surface area contributed by atoms with E-state index in [1.807, 2.05) is 18.2 Å². The van der Waals surface area contributed by atoms with Crippen LogP contribution in [0.1, 0.15) is 32.1 Å². The molecule has 0 aliphatic carbocycles. The van der Waals surface area contributed by atoms with Gasteiger partial charge in [0.25, 0.3) is 0 Å². The number of carbonyl (C=O) groups is 1. The lowest BCUT2D eigenvalue weighted by molar-refractivity contribution is -0.121. The van der Waals surface area contributed by atoms with Crippen LogP contribution < -0.4 is 15.9 Å². The number of sulfonamides is 1. The van der Waals surface area contributed by atoms with E-state index < -0.39 is 16.1 Å². The molecule has 0 bridgehead atoms. The Morgan fingerprint density at radius 3 is 2.61 bits per heavy atom. The van der Waals surface area contributed by atoms with Crippen molar-refractivity contribution in [3.8, 4) is 0 Å². The molecule has 3 heterocycles. The largest absolute Gasteiger partial charge is 0.354 e. The molecule has 1 N–H and O–H groups in total. The van der Waals surface area contributed by atoms with E-state index in [2.05, 4.69) is 15.3 Å². The first-order valence-electron chi connectivity index (χ1n) is 10.9. The van der Waals surface area contributed by atoms with Crippen molar-refractivity contribution >= 4 is 22.0 Å². The van der Waals surface area contributed by atoms with Crippen LogP contribution >= 0.6 is 0 Å². The van der Waals surface area contributed by atoms with Crippen LogP contribution in [0.2, 0.25) is 0 Å². The number of hydrogen-bond donors (Lipinski definition) is 1. The van der Waals surface area contributed by atoms with Gasteiger partial charge < -0.3 is 5.32 Å². The van der Waals surface area contributed by atoms with Crippen molar-refractivity contribution in [1.82, 2.24) is 14.6 Å². The van der Waals surface area contributed by atoms with Gasteiger partial charge in [-0.2, -0.15) is 4.31 Å². The smallest absolute Gasteiger partial charge is 0.248 e. The number of nitrogens with zero attached hydrogens (tertiary/aromatic N) is 3. The predicted octanol–water partition coefficient (Wildman–Crippen LogP) is 1.25. The van der Waals surface area contributed by atoms with Gasteiger partial charge in [-0.1, -0.05) is 31.0 Å². The van der Waals surface area contributed by atoms with E-state index >= 15 is 0 Å². The van der Waals surface area contributed by atoms with Crippen LogP contribution in [0.3, 0.4) is 0 Å². The average molecular weight is 441 g/mol. The molecule has 1 amide bonds. The molecule has 0 saturated carbocycles. The maximum absolute atomic E-state index is 12.7. The quantitative estimate of drug-likeness (QED) is 0.626. The molecule has 8 heteroatoms. The SMILES string of the molecule is O=C(NCCCCC1CCN(S(=O)(=O)c2ccccc2)CC1)C1C=c2cnccc2=N1. The van der Waals surface area contributed by atoms with Crippen molar-refractivity contribution in [3.05, 3.63) is 59.4 Å². The van der Waals surface area contributed by atoms with Crippen molar-refractivity contribution in [2.75, 3.05) is 19.6 Å². The molecule has 4 rings (SSSR count). The number of pyridine rings is 1. The van der Waals surface area contributed by atoms with Gasteiger partial charge in [-0.15, -0.1) is 0 Å². The molecular weight excluding hydrogens is 412 g/mol. The first-order chi connectivity index (χ1) is 15.0. The summed E-state index contributed by atoms with van der Waals surface area (Å²) >= 11 is 0. The molecule has 2 aromatic rings. The van der Waals surface area contributed by atoms with Crippen molar-refractivity contribution in [2.45, 2.75) is 43.0 Å². The Kier molecular flexibility index (Phi) is 6.77. The summed E-state index contributed by atoms with van der Waals surface area (Å²) in [6.45, 7) is 1.79. The predicted molar refractivity (Wildman–Crippen MR) is 118 cm³/mol. The summed E-state index contributed by atoms with van der Waals surface area (Å²) in [5.41, 5.74) is 0. The number of rotatable bonds is 8. The van der Waals surface area contributed by atoms with Crippen LogP contribution in [-0.2, 0) is 14.8 Å². The second kappa shape index (κ2) is 9.70. The molecule has 2 aliphatic rings. The van der Waals surface area contributed by atoms with Crippen molar-refractivity contribution < 1.29 is 13.2 Å². The van der Waals surface area contributed by atoms with Gasteiger partial charge >= 0.3 is 0 Å². The molecule has 1 unspecified atom stereocenters. The average Bonchev–Trinajstić information content (AvgIpc) is 3.24. The van der Waals surface area contributed by atoms with E-state index in [0.717, 1.165) is 42.7 Å². The van der Waals surface area contributed by atoms with Gasteiger partial charge in [0.15, 0.2) is 0 Å². The lowest BCUT2D eigenvalue weighted by atomic mass is 9.92. The zero-order valence-corrected chi connectivity index (χ0v) is 18.3. The van der Waals surface area contributed by atoms with E-state index in [-0.39, 0.29) is 5.91 Å². The van der Waals surface area contributed by atoms with E-state index in [9.17, 15) is 13.2 Å². The molecule has 0 spiro atoms. The fourth-order valence-electron chi connectivity index (χ4n) is 4.19. The maximum atomic E-state index is 12.7. The standard InChI is InChI=1S/C23H28N4O3S/c28-23(22-16-19-17-24-13-9-21(19)26-22)25-12-5-4-6-18-10-14-27(15-11-18)31(29,30)20-7-2-1-3-8-20/h1-3,7-9,13,16-18,22H,4-6,10-12,14-15H2,(H,25,28). The van der Waals surface area contributed by atoms with Gasteiger partial charge in [-0.25, -0.2) is 8.42 Å². The molecule has 1 aromatic carbocycles. The number of fused-ring (bicyclic) bond motifs is 1. The Hall–Kier alpha value is -2.58. The Balaban J connectivity index is 1.14. The first kappa shape index (κ1) is 21.6. The topological polar surface area (TPSA) is 91.7 Å². The van der Waals surface area contributed by atoms with E-state index in [4.69, 9.17) is 0 Å². The molecular formula is C23H28N4O3S. The molecule has 0 radical (unpaired) electrons. The summed E-state index contributed by atoms with van der Waals surface area (Å²) in [5, 5.41) is 4.69. The summed E-state index contributed by atoms with van der Waals surface area (Å²) in [6.07, 6.45) is 10.0. The highest BCUT2D eigenvalue weighted by Gasteiger charge is 2.29. The Morgan fingerprint density at radius 1 is 1.10 bits per heavy atom. The van der Waals surface area contributed by atoms with Gasteiger partial charge in [0.1, 0.15) is 6.04 Å². The highest BCUT2D eigenvalue weighted by Crippen LogP contribution is 2.26. The fourth-order valence-corrected chi connectivity index (χ4v) is 5.68. The molecule has 1 aromatic heterocycles. The molecule has 1 atom stereocenters. The molecule has 1 saturated heterocycles. The first-order valence-corrected chi connectivity index (χ1v) is 12.3. The monoisotopic (exact) mass is 440 g/mol. The van der Waals surface area contributed by atoms with Gasteiger partial charge in [-0.3, -0.25) is 14.8 Å². The number of unbranched alkanes of at least 4 members (excludes halogenated alkanes) is 1. The number of benzene rings is 1. The Bertz CT molecular complexity index is 1090. The third kappa shape index (κ3) is 5.19. The summed E-state index contributed by atoms with van der Waals surface area (Å²) in [6, 6.07) is 10.0. The summed E-state index contributed by atoms with van der Waals surface area (Å²) in [5.74, 6) is 0.466. The van der Waals surface area contributed by atoms with Gasteiger partial charge in [0.05, 0.1) is 10.3 Å². The molecule has 1 fully saturated rings. The minimum Gasteiger partial charge on any atom is -0.354 e. The van der Waals surface area contributed by atoms with Crippen LogP contribution in [-0.4, -0.2) is 49.3 Å². The minimum atomic E-state index is -3.38. The molecule has 7 nitrogen and oxygen atoms in total. The van der Waals surface area contributed by atoms with Crippen LogP contribution in [0.4, 0.5) is 0 Å². The van der Waals surface area contributed by atoms with Crippen LogP contribution in [0.5, 0.6) is 0 Å². The molecule has 31 heavy (non-hydrogen) atoms. The second-order valence-corrected chi connectivity index (χ2v) is 10.1. The number of aromatic nitrogens is 1. The lowest BCUT2D eigenvalue weighted by Crippen LogP contribution is -2.38. The third-order valence-electron chi connectivity index (χ3n) is 6.00. The fraction of sp³-hybridized carbons (Fsp3) is 0.435. The maximum Gasteiger partial charge on any atom is 0.248 e. The zero-order chi connectivity index (χ0) is 21.7.